The van der Waals surface area contributed by atoms with E-state index < -0.39 is 0 Å². The molecule has 3 aromatic carbocycles. The normalized spacial score (nSPS) is 10.1. The summed E-state index contributed by atoms with van der Waals surface area (Å²) in [4.78, 5) is 0. The largest absolute Gasteiger partial charge is 1.00 e. The van der Waals surface area contributed by atoms with Gasteiger partial charge in [0.15, 0.2) is 0 Å². The Hall–Kier alpha value is -1.81. The van der Waals surface area contributed by atoms with Gasteiger partial charge in [0.05, 0.1) is 14.2 Å². The predicted octanol–water partition coefficient (Wildman–Crippen LogP) is 2.81. The van der Waals surface area contributed by atoms with E-state index >= 15 is 0 Å². The molecule has 0 atom stereocenters. The van der Waals surface area contributed by atoms with E-state index in [1.54, 1.807) is 14.2 Å². The average molecular weight is 471 g/mol. The Kier molecular flexibility index (Phi) is 15.8. The maximum atomic E-state index is 5.39. The predicted molar refractivity (Wildman–Crippen MR) is 144 cm³/mol. The summed E-state index contributed by atoms with van der Waals surface area (Å²) in [6.45, 7) is 4.53. The summed E-state index contributed by atoms with van der Waals surface area (Å²) in [7, 11) is 3.44. The van der Waals surface area contributed by atoms with E-state index in [4.69, 9.17) is 9.47 Å². The Morgan fingerprint density at radius 3 is 1.25 bits per heavy atom. The van der Waals surface area contributed by atoms with Gasteiger partial charge in [-0.15, -0.1) is 82.6 Å². The van der Waals surface area contributed by atoms with Gasteiger partial charge in [-0.1, -0.05) is 89.5 Å². The first kappa shape index (κ1) is 32.2. The number of methoxy groups -OCH3 is 2. The van der Waals surface area contributed by atoms with Crippen LogP contribution in [-0.2, 0) is 0 Å². The number of benzene rings is 3. The van der Waals surface area contributed by atoms with Crippen LogP contribution < -0.4 is 47.2 Å². The topological polar surface area (TPSA) is 18.5 Å². The maximum Gasteiger partial charge on any atom is 1.00 e. The third-order valence-corrected chi connectivity index (χ3v) is 6.50. The van der Waals surface area contributed by atoms with Crippen molar-refractivity contribution in [1.29, 1.82) is 0 Å². The number of unbranched alkanes of at least 4 members (excludes halogenated alkanes) is 4. The molecule has 0 heterocycles. The van der Waals surface area contributed by atoms with Crippen molar-refractivity contribution in [2.45, 2.75) is 65.2 Å². The standard InChI is InChI=1S/C32H40O2.2Li/c1-5-7-9-14-31(25-16-20-29(33-3)21-17-25)27-12-11-13-28(24-27)32(15-10-8-6-2)26-18-22-30(34-4)23-19-26;;/h11-13,16-24H,5-10,14-15H2,1-4H3;;/q-2;2*+1. The summed E-state index contributed by atoms with van der Waals surface area (Å²) in [6, 6.07) is 26.2. The Morgan fingerprint density at radius 1 is 0.528 bits per heavy atom. The molecular formula is C32H40Li2O2. The van der Waals surface area contributed by atoms with Gasteiger partial charge in [0, 0.05) is 0 Å². The fourth-order valence-electron chi connectivity index (χ4n) is 4.49. The van der Waals surface area contributed by atoms with E-state index in [0.717, 1.165) is 24.3 Å². The molecule has 0 aromatic heterocycles. The first-order valence-corrected chi connectivity index (χ1v) is 12.8. The monoisotopic (exact) mass is 470 g/mol. The molecule has 0 aliphatic heterocycles. The molecular weight excluding hydrogens is 430 g/mol. The summed E-state index contributed by atoms with van der Waals surface area (Å²) in [5.41, 5.74) is 5.21. The van der Waals surface area contributed by atoms with Gasteiger partial charge in [0.1, 0.15) is 11.5 Å². The van der Waals surface area contributed by atoms with Gasteiger partial charge in [-0.25, -0.2) is 0 Å². The molecule has 2 nitrogen and oxygen atoms in total. The van der Waals surface area contributed by atoms with Crippen LogP contribution in [0.15, 0.2) is 72.8 Å². The number of ether oxygens (including phenoxy) is 2. The molecule has 3 rings (SSSR count). The van der Waals surface area contributed by atoms with Gasteiger partial charge in [-0.2, -0.15) is 0 Å². The molecule has 0 bridgehead atoms. The van der Waals surface area contributed by atoms with Crippen molar-refractivity contribution in [2.24, 2.45) is 0 Å². The molecule has 0 saturated carbocycles. The molecule has 36 heavy (non-hydrogen) atoms. The minimum atomic E-state index is 0. The van der Waals surface area contributed by atoms with Crippen LogP contribution in [0, 0.1) is 11.8 Å². The minimum Gasteiger partial charge on any atom is -0.498 e. The van der Waals surface area contributed by atoms with Crippen LogP contribution in [-0.4, -0.2) is 14.2 Å². The van der Waals surface area contributed by atoms with Crippen molar-refractivity contribution in [1.82, 2.24) is 0 Å². The Labute approximate surface area is 243 Å². The van der Waals surface area contributed by atoms with Gasteiger partial charge in [0.25, 0.3) is 0 Å². The van der Waals surface area contributed by atoms with Gasteiger partial charge in [0.2, 0.25) is 0 Å². The smallest absolute Gasteiger partial charge is 0.498 e. The maximum absolute atomic E-state index is 5.39. The molecule has 0 N–H and O–H groups in total. The molecule has 0 aliphatic carbocycles. The summed E-state index contributed by atoms with van der Waals surface area (Å²) in [5.74, 6) is 4.63. The third kappa shape index (κ3) is 9.25. The second-order valence-electron chi connectivity index (χ2n) is 8.91. The molecule has 182 valence electrons. The van der Waals surface area contributed by atoms with Gasteiger partial charge < -0.3 is 9.47 Å². The molecule has 0 amide bonds. The van der Waals surface area contributed by atoms with Crippen molar-refractivity contribution in [2.75, 3.05) is 14.2 Å². The zero-order valence-corrected chi connectivity index (χ0v) is 23.4. The Morgan fingerprint density at radius 2 is 0.917 bits per heavy atom. The van der Waals surface area contributed by atoms with Gasteiger partial charge >= 0.3 is 37.7 Å². The molecule has 0 spiro atoms. The molecule has 3 aromatic rings. The molecule has 0 aliphatic rings. The Balaban J connectivity index is 0.00000324. The summed E-state index contributed by atoms with van der Waals surface area (Å²) < 4.78 is 10.8. The number of hydrogen-bond donors (Lipinski definition) is 0. The van der Waals surface area contributed by atoms with Crippen molar-refractivity contribution in [3.05, 3.63) is 107 Å². The second-order valence-corrected chi connectivity index (χ2v) is 8.91. The van der Waals surface area contributed by atoms with Crippen LogP contribution in [0.1, 0.15) is 87.5 Å². The Bertz CT molecular complexity index is 893. The van der Waals surface area contributed by atoms with Crippen LogP contribution in [0.5, 0.6) is 11.5 Å². The first-order chi connectivity index (χ1) is 16.7. The summed E-state index contributed by atoms with van der Waals surface area (Å²) in [6.07, 6.45) is 9.51. The van der Waals surface area contributed by atoms with Crippen molar-refractivity contribution >= 4 is 0 Å². The average Bonchev–Trinajstić information content (AvgIpc) is 2.89. The zero-order valence-electron chi connectivity index (χ0n) is 23.4. The molecule has 0 radical (unpaired) electrons. The molecule has 0 saturated heterocycles. The third-order valence-electron chi connectivity index (χ3n) is 6.50. The van der Waals surface area contributed by atoms with E-state index in [-0.39, 0.29) is 37.7 Å². The van der Waals surface area contributed by atoms with Crippen LogP contribution >= 0.6 is 0 Å². The van der Waals surface area contributed by atoms with Gasteiger partial charge in [-0.3, -0.25) is 0 Å². The minimum absolute atomic E-state index is 0. The number of hydrogen-bond acceptors (Lipinski definition) is 2. The molecule has 0 fully saturated rings. The van der Waals surface area contributed by atoms with Crippen LogP contribution in [0.25, 0.3) is 0 Å². The fraction of sp³-hybridized carbons (Fsp3) is 0.375. The summed E-state index contributed by atoms with van der Waals surface area (Å²) >= 11 is 0. The van der Waals surface area contributed by atoms with Crippen LogP contribution in [0.4, 0.5) is 0 Å². The van der Waals surface area contributed by atoms with E-state index in [0.29, 0.717) is 0 Å². The summed E-state index contributed by atoms with van der Waals surface area (Å²) in [5, 5.41) is 0. The quantitative estimate of drug-likeness (QED) is 0.205. The van der Waals surface area contributed by atoms with E-state index in [2.05, 4.69) is 86.6 Å². The fourth-order valence-corrected chi connectivity index (χ4v) is 4.49. The van der Waals surface area contributed by atoms with E-state index in [9.17, 15) is 0 Å². The molecule has 4 heteroatoms. The zero-order chi connectivity index (χ0) is 24.2. The molecule has 0 unspecified atom stereocenters. The van der Waals surface area contributed by atoms with Crippen molar-refractivity contribution < 1.29 is 47.2 Å². The second kappa shape index (κ2) is 17.6. The van der Waals surface area contributed by atoms with Crippen molar-refractivity contribution in [3.8, 4) is 11.5 Å². The van der Waals surface area contributed by atoms with Crippen LogP contribution in [0.3, 0.4) is 0 Å². The van der Waals surface area contributed by atoms with Crippen molar-refractivity contribution in [3.63, 3.8) is 0 Å². The SMILES string of the molecule is CCCCC[C-](c1ccc(OC)cc1)c1cccc([C-](CCCCC)c2ccc(OC)cc2)c1.[Li+].[Li+]. The van der Waals surface area contributed by atoms with Crippen LogP contribution in [0.2, 0.25) is 0 Å². The van der Waals surface area contributed by atoms with E-state index in [1.165, 1.54) is 72.6 Å². The number of rotatable bonds is 14. The van der Waals surface area contributed by atoms with E-state index in [1.807, 2.05) is 0 Å². The van der Waals surface area contributed by atoms with Gasteiger partial charge in [-0.05, 0) is 0 Å². The first-order valence-electron chi connectivity index (χ1n) is 12.8.